The molecule has 0 amide bonds. The molecule has 0 aromatic heterocycles. The van der Waals surface area contributed by atoms with E-state index in [9.17, 15) is 0 Å². The average Bonchev–Trinajstić information content (AvgIpc) is 2.71. The summed E-state index contributed by atoms with van der Waals surface area (Å²) in [6, 6.07) is 0. The van der Waals surface area contributed by atoms with E-state index in [0.29, 0.717) is 0 Å². The van der Waals surface area contributed by atoms with Crippen molar-refractivity contribution in [1.82, 2.24) is 0 Å². The van der Waals surface area contributed by atoms with Crippen molar-refractivity contribution in [3.05, 3.63) is 41.5 Å². The second-order valence-corrected chi connectivity index (χ2v) is 25.4. The monoisotopic (exact) mass is 335 g/mol. The van der Waals surface area contributed by atoms with Crippen LogP contribution in [0.1, 0.15) is 34.1 Å². The van der Waals surface area contributed by atoms with Crippen LogP contribution in [0.4, 0.5) is 0 Å². The molecular formula is C16H25SiZr. The first-order valence-electron chi connectivity index (χ1n) is 7.04. The van der Waals surface area contributed by atoms with Crippen molar-refractivity contribution in [2.75, 3.05) is 0 Å². The van der Waals surface area contributed by atoms with Crippen LogP contribution in [-0.4, -0.2) is 5.92 Å². The fourth-order valence-corrected chi connectivity index (χ4v) is 24.3. The van der Waals surface area contributed by atoms with Crippen LogP contribution in [0.25, 0.3) is 0 Å². The second kappa shape index (κ2) is 5.59. The van der Waals surface area contributed by atoms with Crippen molar-refractivity contribution < 1.29 is 20.9 Å². The van der Waals surface area contributed by atoms with E-state index in [2.05, 4.69) is 59.0 Å². The van der Waals surface area contributed by atoms with E-state index in [1.807, 2.05) is 6.56 Å². The molecule has 0 radical (unpaired) electrons. The van der Waals surface area contributed by atoms with Crippen LogP contribution in [0.3, 0.4) is 0 Å². The average molecular weight is 337 g/mol. The third-order valence-corrected chi connectivity index (χ3v) is 23.7. The number of hydrogen-bond acceptors (Lipinski definition) is 0. The Kier molecular flexibility index (Phi) is 4.49. The molecule has 2 rings (SSSR count). The van der Waals surface area contributed by atoms with Gasteiger partial charge in [0.1, 0.15) is 0 Å². The number of hydrogen-bond donors (Lipinski definition) is 0. The van der Waals surface area contributed by atoms with Crippen molar-refractivity contribution in [1.29, 1.82) is 0 Å². The molecule has 0 aromatic rings. The summed E-state index contributed by atoms with van der Waals surface area (Å²) in [5.41, 5.74) is 4.72. The zero-order valence-electron chi connectivity index (χ0n) is 12.6. The summed E-state index contributed by atoms with van der Waals surface area (Å²) < 4.78 is 3.80. The van der Waals surface area contributed by atoms with Gasteiger partial charge in [-0.25, -0.2) is 0 Å². The minimum atomic E-state index is -1.49. The van der Waals surface area contributed by atoms with Crippen molar-refractivity contribution in [3.63, 3.8) is 0 Å². The number of rotatable bonds is 3. The van der Waals surface area contributed by atoms with E-state index in [1.165, 1.54) is 12.0 Å². The first kappa shape index (κ1) is 14.5. The summed E-state index contributed by atoms with van der Waals surface area (Å²) in [6.07, 6.45) is 8.75. The van der Waals surface area contributed by atoms with Crippen LogP contribution in [0.15, 0.2) is 41.5 Å². The Morgan fingerprint density at radius 2 is 1.83 bits per heavy atom. The summed E-state index contributed by atoms with van der Waals surface area (Å²) in [5.74, 6) is 0.212. The Labute approximate surface area is 121 Å². The molecular weight excluding hydrogens is 311 g/mol. The second-order valence-electron chi connectivity index (χ2n) is 6.20. The van der Waals surface area contributed by atoms with Crippen LogP contribution >= 0.6 is 0 Å². The molecule has 0 nitrogen and oxygen atoms in total. The molecule has 2 aliphatic rings. The van der Waals surface area contributed by atoms with E-state index in [-0.39, 0.29) is 0 Å². The fraction of sp³-hybridized carbons (Fsp3) is 0.500. The Bertz CT molecular complexity index is 477. The van der Waals surface area contributed by atoms with Crippen LogP contribution in [0, 0.1) is 5.92 Å². The van der Waals surface area contributed by atoms with Crippen molar-refractivity contribution in [3.8, 4) is 0 Å². The van der Waals surface area contributed by atoms with Gasteiger partial charge in [0.25, 0.3) is 0 Å². The molecule has 0 saturated heterocycles. The first-order chi connectivity index (χ1) is 8.40. The molecule has 2 aliphatic carbocycles. The summed E-state index contributed by atoms with van der Waals surface area (Å²) in [5, 5.41) is 0. The van der Waals surface area contributed by atoms with Crippen molar-refractivity contribution >= 4 is 5.92 Å². The predicted molar refractivity (Wildman–Crippen MR) is 81.0 cm³/mol. The maximum atomic E-state index is 2.59. The molecule has 2 heteroatoms. The topological polar surface area (TPSA) is 0 Å². The molecule has 0 spiro atoms. The van der Waals surface area contributed by atoms with Gasteiger partial charge in [-0.1, -0.05) is 0 Å². The van der Waals surface area contributed by atoms with E-state index in [0.717, 1.165) is 5.92 Å². The van der Waals surface area contributed by atoms with Crippen LogP contribution in [0.5, 0.6) is 0 Å². The number of allylic oxidation sites excluding steroid dienone is 8. The van der Waals surface area contributed by atoms with Crippen molar-refractivity contribution in [2.24, 2.45) is 5.92 Å². The molecule has 1 atom stereocenters. The van der Waals surface area contributed by atoms with Gasteiger partial charge in [-0.3, -0.25) is 0 Å². The molecule has 0 aromatic carbocycles. The fourth-order valence-electron chi connectivity index (χ4n) is 3.32. The summed E-state index contributed by atoms with van der Waals surface area (Å²) in [6.45, 7) is 14.5. The Morgan fingerprint density at radius 1 is 1.17 bits per heavy atom. The van der Waals surface area contributed by atoms with Crippen LogP contribution in [-0.2, 0) is 20.9 Å². The van der Waals surface area contributed by atoms with Gasteiger partial charge in [0.15, 0.2) is 0 Å². The third-order valence-electron chi connectivity index (χ3n) is 3.99. The van der Waals surface area contributed by atoms with Crippen LogP contribution in [0.2, 0.25) is 13.1 Å². The first-order valence-corrected chi connectivity index (χ1v) is 16.6. The van der Waals surface area contributed by atoms with Gasteiger partial charge in [-0.2, -0.15) is 0 Å². The molecule has 0 heterocycles. The standard InChI is InChI=1S/2C7H9.C2H7Si.Zr/c2*1-6-3-4-7(2)5-6;1-3-2;/h5H,3H2,1-2H3;3,5,7H,1-2H3;3H,1-2H3;. The quantitative estimate of drug-likeness (QED) is 0.656. The zero-order valence-corrected chi connectivity index (χ0v) is 16.2. The van der Waals surface area contributed by atoms with Crippen LogP contribution < -0.4 is 0 Å². The molecule has 0 N–H and O–H groups in total. The third kappa shape index (κ3) is 2.80. The zero-order chi connectivity index (χ0) is 13.4. The van der Waals surface area contributed by atoms with Gasteiger partial charge in [-0.15, -0.1) is 0 Å². The van der Waals surface area contributed by atoms with Gasteiger partial charge in [0.05, 0.1) is 0 Å². The van der Waals surface area contributed by atoms with Crippen molar-refractivity contribution in [2.45, 2.75) is 47.2 Å². The molecule has 0 bridgehead atoms. The van der Waals surface area contributed by atoms with E-state index < -0.39 is 26.8 Å². The van der Waals surface area contributed by atoms with Gasteiger partial charge < -0.3 is 0 Å². The van der Waals surface area contributed by atoms with E-state index >= 15 is 0 Å². The summed E-state index contributed by atoms with van der Waals surface area (Å²) in [7, 11) is 0. The normalized spacial score (nSPS) is 23.5. The van der Waals surface area contributed by atoms with Gasteiger partial charge in [0, 0.05) is 0 Å². The molecule has 97 valence electrons. The molecule has 1 unspecified atom stereocenters. The van der Waals surface area contributed by atoms with Gasteiger partial charge in [0.2, 0.25) is 0 Å². The Morgan fingerprint density at radius 3 is 2.22 bits per heavy atom. The Balaban J connectivity index is 2.33. The minimum absolute atomic E-state index is 0.519. The molecule has 0 fully saturated rings. The predicted octanol–water partition coefficient (Wildman–Crippen LogP) is 4.69. The SMILES string of the molecule is CC1=CC(C)[C]([Zr]([C]2=C(C)C=C(C)C2)[SiH](C)C)=C1. The van der Waals surface area contributed by atoms with Gasteiger partial charge in [-0.05, 0) is 0 Å². The Hall–Kier alpha value is 0.0600. The molecule has 0 aliphatic heterocycles. The summed E-state index contributed by atoms with van der Waals surface area (Å²) in [4.78, 5) is 0. The molecule has 18 heavy (non-hydrogen) atoms. The van der Waals surface area contributed by atoms with E-state index in [4.69, 9.17) is 0 Å². The molecule has 0 saturated carbocycles. The maximum absolute atomic E-state index is 2.59. The van der Waals surface area contributed by atoms with E-state index in [1.54, 1.807) is 11.1 Å². The van der Waals surface area contributed by atoms with Gasteiger partial charge >= 0.3 is 121 Å². The summed E-state index contributed by atoms with van der Waals surface area (Å²) >= 11 is -1.49.